The molecular weight excluding hydrogens is 352 g/mol. The molecule has 0 atom stereocenters. The molecular formula is C19H17ClN4O2. The molecule has 7 heteroatoms. The van der Waals surface area contributed by atoms with E-state index in [1.54, 1.807) is 36.4 Å². The molecule has 0 fully saturated rings. The number of aryl methyl sites for hydroxylation is 1. The lowest BCUT2D eigenvalue weighted by atomic mass is 10.1. The van der Waals surface area contributed by atoms with Gasteiger partial charge in [-0.25, -0.2) is 10.1 Å². The lowest BCUT2D eigenvalue weighted by Crippen LogP contribution is -2.27. The van der Waals surface area contributed by atoms with Gasteiger partial charge in [0.25, 0.3) is 11.5 Å². The first kappa shape index (κ1) is 17.8. The molecule has 6 nitrogen and oxygen atoms in total. The summed E-state index contributed by atoms with van der Waals surface area (Å²) in [7, 11) is 1.51. The average molecular weight is 369 g/mol. The number of rotatable bonds is 4. The number of fused-ring (bicyclic) bond motifs is 1. The summed E-state index contributed by atoms with van der Waals surface area (Å²) < 4.78 is 1.15. The number of aromatic nitrogens is 2. The van der Waals surface area contributed by atoms with Gasteiger partial charge in [0.05, 0.1) is 11.1 Å². The molecule has 0 aliphatic heterocycles. The highest BCUT2D eigenvalue weighted by atomic mass is 35.5. The second-order valence-electron chi connectivity index (χ2n) is 5.68. The number of nitrogens with one attached hydrogen (secondary N) is 1. The number of carbonyl (C=O) groups is 1. The highest BCUT2D eigenvalue weighted by molar-refractivity contribution is 6.30. The summed E-state index contributed by atoms with van der Waals surface area (Å²) in [5.41, 5.74) is 4.02. The van der Waals surface area contributed by atoms with Gasteiger partial charge in [0.15, 0.2) is 5.69 Å². The molecule has 132 valence electrons. The molecule has 0 saturated heterocycles. The van der Waals surface area contributed by atoms with Crippen LogP contribution in [0.3, 0.4) is 0 Å². The molecule has 0 bridgehead atoms. The lowest BCUT2D eigenvalue weighted by molar-refractivity contribution is 0.0949. The Balaban J connectivity index is 1.95. The zero-order chi connectivity index (χ0) is 18.7. The van der Waals surface area contributed by atoms with Crippen molar-refractivity contribution in [1.82, 2.24) is 15.2 Å². The maximum atomic E-state index is 12.6. The second-order valence-corrected chi connectivity index (χ2v) is 6.12. The molecule has 3 rings (SSSR count). The first-order valence-electron chi connectivity index (χ1n) is 8.10. The van der Waals surface area contributed by atoms with Gasteiger partial charge in [-0.15, -0.1) is 0 Å². The predicted molar refractivity (Wildman–Crippen MR) is 103 cm³/mol. The van der Waals surface area contributed by atoms with Crippen LogP contribution >= 0.6 is 11.6 Å². The summed E-state index contributed by atoms with van der Waals surface area (Å²) in [6.45, 7) is 1.94. The largest absolute Gasteiger partial charge is 0.292 e. The minimum atomic E-state index is -0.475. The van der Waals surface area contributed by atoms with Crippen LogP contribution in [0.5, 0.6) is 0 Å². The molecule has 1 aromatic heterocycles. The van der Waals surface area contributed by atoms with Crippen molar-refractivity contribution in [1.29, 1.82) is 0 Å². The Morgan fingerprint density at radius 1 is 1.15 bits per heavy atom. The van der Waals surface area contributed by atoms with Crippen molar-refractivity contribution in [3.05, 3.63) is 75.2 Å². The number of hydrogen-bond donors (Lipinski definition) is 1. The highest BCUT2D eigenvalue weighted by Crippen LogP contribution is 2.14. The van der Waals surface area contributed by atoms with E-state index in [0.29, 0.717) is 27.9 Å². The Bertz CT molecular complexity index is 1060. The summed E-state index contributed by atoms with van der Waals surface area (Å²) in [6, 6.07) is 14.1. The van der Waals surface area contributed by atoms with E-state index in [2.05, 4.69) is 15.6 Å². The van der Waals surface area contributed by atoms with E-state index in [-0.39, 0.29) is 11.3 Å². The van der Waals surface area contributed by atoms with Crippen LogP contribution in [0.1, 0.15) is 29.4 Å². The van der Waals surface area contributed by atoms with Crippen molar-refractivity contribution in [2.24, 2.45) is 12.1 Å². The Morgan fingerprint density at radius 2 is 1.81 bits per heavy atom. The van der Waals surface area contributed by atoms with E-state index in [9.17, 15) is 9.59 Å². The Hall–Kier alpha value is -2.99. The SMILES string of the molecule is CC/C(=N/NC(=O)c1nn(C)c(=O)c2ccccc12)c1ccc(Cl)cc1. The fourth-order valence-corrected chi connectivity index (χ4v) is 2.75. The Kier molecular flexibility index (Phi) is 5.14. The van der Waals surface area contributed by atoms with E-state index < -0.39 is 5.91 Å². The number of benzene rings is 2. The fraction of sp³-hybridized carbons (Fsp3) is 0.158. The maximum absolute atomic E-state index is 12.6. The van der Waals surface area contributed by atoms with Gasteiger partial charge in [0.2, 0.25) is 0 Å². The number of halogens is 1. The minimum Gasteiger partial charge on any atom is -0.267 e. The first-order chi connectivity index (χ1) is 12.5. The Labute approximate surface area is 155 Å². The smallest absolute Gasteiger partial charge is 0.267 e. The maximum Gasteiger partial charge on any atom is 0.292 e. The molecule has 0 unspecified atom stereocenters. The normalized spacial score (nSPS) is 11.6. The number of amides is 1. The summed E-state index contributed by atoms with van der Waals surface area (Å²) in [4.78, 5) is 24.8. The van der Waals surface area contributed by atoms with Gasteiger partial charge in [-0.1, -0.05) is 48.9 Å². The van der Waals surface area contributed by atoms with E-state index in [1.807, 2.05) is 19.1 Å². The summed E-state index contributed by atoms with van der Waals surface area (Å²) in [5.74, 6) is -0.475. The predicted octanol–water partition coefficient (Wildman–Crippen LogP) is 3.13. The van der Waals surface area contributed by atoms with Gasteiger partial charge >= 0.3 is 0 Å². The second kappa shape index (κ2) is 7.49. The molecule has 0 aliphatic carbocycles. The molecule has 1 heterocycles. The van der Waals surface area contributed by atoms with Gasteiger partial charge in [0.1, 0.15) is 0 Å². The molecule has 0 aliphatic rings. The first-order valence-corrected chi connectivity index (χ1v) is 8.48. The topological polar surface area (TPSA) is 76.3 Å². The number of nitrogens with zero attached hydrogens (tertiary/aromatic N) is 3. The van der Waals surface area contributed by atoms with Crippen LogP contribution in [-0.2, 0) is 7.05 Å². The van der Waals surface area contributed by atoms with Gasteiger partial charge in [0, 0.05) is 17.5 Å². The van der Waals surface area contributed by atoms with Crippen molar-refractivity contribution in [2.75, 3.05) is 0 Å². The van der Waals surface area contributed by atoms with Crippen LogP contribution in [0.2, 0.25) is 5.02 Å². The molecule has 1 amide bonds. The monoisotopic (exact) mass is 368 g/mol. The van der Waals surface area contributed by atoms with Gasteiger partial charge in [-0.05, 0) is 30.2 Å². The van der Waals surface area contributed by atoms with Crippen molar-refractivity contribution in [2.45, 2.75) is 13.3 Å². The zero-order valence-corrected chi connectivity index (χ0v) is 15.1. The Morgan fingerprint density at radius 3 is 2.46 bits per heavy atom. The van der Waals surface area contributed by atoms with E-state index in [1.165, 1.54) is 7.05 Å². The average Bonchev–Trinajstić information content (AvgIpc) is 2.66. The standard InChI is InChI=1S/C19H17ClN4O2/c1-3-16(12-8-10-13(20)11-9-12)21-22-18(25)17-14-6-4-5-7-15(14)19(26)24(2)23-17/h4-11H,3H2,1-2H3,(H,22,25)/b21-16-. The van der Waals surface area contributed by atoms with Gasteiger partial charge in [-0.2, -0.15) is 10.2 Å². The molecule has 26 heavy (non-hydrogen) atoms. The van der Waals surface area contributed by atoms with Crippen LogP contribution in [0.4, 0.5) is 0 Å². The number of carbonyl (C=O) groups excluding carboxylic acids is 1. The molecule has 0 saturated carbocycles. The zero-order valence-electron chi connectivity index (χ0n) is 14.4. The van der Waals surface area contributed by atoms with Crippen molar-refractivity contribution >= 4 is 34.0 Å². The third kappa shape index (κ3) is 3.50. The molecule has 2 aromatic carbocycles. The van der Waals surface area contributed by atoms with Crippen molar-refractivity contribution in [3.8, 4) is 0 Å². The van der Waals surface area contributed by atoms with Crippen LogP contribution in [0, 0.1) is 0 Å². The van der Waals surface area contributed by atoms with Crippen molar-refractivity contribution in [3.63, 3.8) is 0 Å². The van der Waals surface area contributed by atoms with Crippen LogP contribution < -0.4 is 11.0 Å². The van der Waals surface area contributed by atoms with Crippen LogP contribution in [0.25, 0.3) is 10.8 Å². The molecule has 0 spiro atoms. The highest BCUT2D eigenvalue weighted by Gasteiger charge is 2.15. The number of hydrazone groups is 1. The summed E-state index contributed by atoms with van der Waals surface area (Å²) >= 11 is 5.90. The van der Waals surface area contributed by atoms with Crippen LogP contribution in [0.15, 0.2) is 58.4 Å². The number of hydrogen-bond acceptors (Lipinski definition) is 4. The minimum absolute atomic E-state index is 0.151. The van der Waals surface area contributed by atoms with E-state index in [4.69, 9.17) is 11.6 Å². The van der Waals surface area contributed by atoms with Crippen molar-refractivity contribution < 1.29 is 4.79 Å². The summed E-state index contributed by atoms with van der Waals surface area (Å²) in [6.07, 6.45) is 0.628. The molecule has 3 aromatic rings. The molecule has 1 N–H and O–H groups in total. The van der Waals surface area contributed by atoms with Gasteiger partial charge < -0.3 is 0 Å². The third-order valence-electron chi connectivity index (χ3n) is 3.98. The summed E-state index contributed by atoms with van der Waals surface area (Å²) in [5, 5.41) is 9.88. The lowest BCUT2D eigenvalue weighted by Gasteiger charge is -2.08. The quantitative estimate of drug-likeness (QED) is 0.567. The van der Waals surface area contributed by atoms with Gasteiger partial charge in [-0.3, -0.25) is 9.59 Å². The third-order valence-corrected chi connectivity index (χ3v) is 4.23. The van der Waals surface area contributed by atoms with E-state index in [0.717, 1.165) is 10.2 Å². The molecule has 0 radical (unpaired) electrons. The fourth-order valence-electron chi connectivity index (χ4n) is 2.63. The van der Waals surface area contributed by atoms with Crippen LogP contribution in [-0.4, -0.2) is 21.4 Å². The van der Waals surface area contributed by atoms with E-state index >= 15 is 0 Å².